The van der Waals surface area contributed by atoms with Crippen LogP contribution in [0, 0.1) is 6.92 Å². The quantitative estimate of drug-likeness (QED) is 0.658. The lowest BCUT2D eigenvalue weighted by molar-refractivity contribution is -0.134. The van der Waals surface area contributed by atoms with E-state index in [4.69, 9.17) is 5.73 Å². The molecule has 2 amide bonds. The summed E-state index contributed by atoms with van der Waals surface area (Å²) in [5.74, 6) is -1.58. The SMILES string of the molecule is Cc1ccc(NC(=O)C(N)=O)nc1.Cl. The highest BCUT2D eigenvalue weighted by atomic mass is 35.5. The van der Waals surface area contributed by atoms with E-state index in [1.54, 1.807) is 18.3 Å². The smallest absolute Gasteiger partial charge is 0.314 e. The number of rotatable bonds is 1. The van der Waals surface area contributed by atoms with Gasteiger partial charge < -0.3 is 11.1 Å². The van der Waals surface area contributed by atoms with Crippen LogP contribution in [-0.2, 0) is 9.59 Å². The Hall–Kier alpha value is -1.62. The molecular formula is C8H10ClN3O2. The summed E-state index contributed by atoms with van der Waals surface area (Å²) in [6.07, 6.45) is 1.58. The molecule has 0 spiro atoms. The molecule has 0 saturated heterocycles. The van der Waals surface area contributed by atoms with Crippen LogP contribution >= 0.6 is 12.4 Å². The summed E-state index contributed by atoms with van der Waals surface area (Å²) in [7, 11) is 0. The number of carbonyl (C=O) groups excluding carboxylic acids is 2. The van der Waals surface area contributed by atoms with Crippen LogP contribution in [0.2, 0.25) is 0 Å². The lowest BCUT2D eigenvalue weighted by Crippen LogP contribution is -2.29. The zero-order valence-electron chi connectivity index (χ0n) is 7.48. The minimum absolute atomic E-state index is 0. The predicted octanol–water partition coefficient (Wildman–Crippen LogP) is 0.236. The maximum Gasteiger partial charge on any atom is 0.314 e. The van der Waals surface area contributed by atoms with Crippen LogP contribution in [0.5, 0.6) is 0 Å². The van der Waals surface area contributed by atoms with Gasteiger partial charge in [0.25, 0.3) is 0 Å². The van der Waals surface area contributed by atoms with E-state index in [2.05, 4.69) is 10.3 Å². The first-order chi connectivity index (χ1) is 6.09. The van der Waals surface area contributed by atoms with Gasteiger partial charge in [-0.2, -0.15) is 0 Å². The maximum absolute atomic E-state index is 10.8. The van der Waals surface area contributed by atoms with Crippen molar-refractivity contribution >= 4 is 30.0 Å². The molecule has 0 aliphatic rings. The van der Waals surface area contributed by atoms with Crippen LogP contribution in [-0.4, -0.2) is 16.8 Å². The van der Waals surface area contributed by atoms with Crippen LogP contribution in [0.15, 0.2) is 18.3 Å². The number of hydrogen-bond donors (Lipinski definition) is 2. The van der Waals surface area contributed by atoms with Crippen molar-refractivity contribution in [3.63, 3.8) is 0 Å². The summed E-state index contributed by atoms with van der Waals surface area (Å²) in [4.78, 5) is 25.0. The second-order valence-corrected chi connectivity index (χ2v) is 2.54. The molecule has 3 N–H and O–H groups in total. The Morgan fingerprint density at radius 3 is 2.50 bits per heavy atom. The number of aromatic nitrogens is 1. The molecule has 0 bridgehead atoms. The van der Waals surface area contributed by atoms with Crippen molar-refractivity contribution in [2.24, 2.45) is 5.73 Å². The first-order valence-electron chi connectivity index (χ1n) is 3.63. The Morgan fingerprint density at radius 2 is 2.07 bits per heavy atom. The van der Waals surface area contributed by atoms with E-state index in [-0.39, 0.29) is 12.4 Å². The third-order valence-corrected chi connectivity index (χ3v) is 1.38. The number of hydrogen-bond acceptors (Lipinski definition) is 3. The highest BCUT2D eigenvalue weighted by Crippen LogP contribution is 2.02. The topological polar surface area (TPSA) is 85.1 Å². The van der Waals surface area contributed by atoms with Crippen molar-refractivity contribution in [1.82, 2.24) is 4.98 Å². The molecule has 1 rings (SSSR count). The normalized spacial score (nSPS) is 8.64. The molecule has 0 atom stereocenters. The molecule has 1 heterocycles. The van der Waals surface area contributed by atoms with Crippen LogP contribution in [0.3, 0.4) is 0 Å². The summed E-state index contributed by atoms with van der Waals surface area (Å²) >= 11 is 0. The number of halogens is 1. The van der Waals surface area contributed by atoms with E-state index in [0.29, 0.717) is 5.82 Å². The second-order valence-electron chi connectivity index (χ2n) is 2.54. The third kappa shape index (κ3) is 3.40. The number of anilines is 1. The van der Waals surface area contributed by atoms with Crippen molar-refractivity contribution in [2.75, 3.05) is 5.32 Å². The van der Waals surface area contributed by atoms with Crippen LogP contribution in [0.4, 0.5) is 5.82 Å². The van der Waals surface area contributed by atoms with Crippen molar-refractivity contribution in [1.29, 1.82) is 0 Å². The Labute approximate surface area is 87.1 Å². The van der Waals surface area contributed by atoms with E-state index in [1.807, 2.05) is 6.92 Å². The average Bonchev–Trinajstić information content (AvgIpc) is 2.08. The summed E-state index contributed by atoms with van der Waals surface area (Å²) < 4.78 is 0. The first kappa shape index (κ1) is 12.4. The van der Waals surface area contributed by atoms with Crippen molar-refractivity contribution in [3.05, 3.63) is 23.9 Å². The molecule has 1 aromatic heterocycles. The molecule has 0 unspecified atom stereocenters. The minimum atomic E-state index is -1.03. The number of pyridine rings is 1. The van der Waals surface area contributed by atoms with Gasteiger partial charge in [0.1, 0.15) is 5.82 Å². The van der Waals surface area contributed by atoms with Gasteiger partial charge in [-0.1, -0.05) is 6.07 Å². The van der Waals surface area contributed by atoms with Gasteiger partial charge in [-0.15, -0.1) is 12.4 Å². The zero-order valence-corrected chi connectivity index (χ0v) is 8.30. The number of primary amides is 1. The van der Waals surface area contributed by atoms with E-state index in [1.165, 1.54) is 0 Å². The van der Waals surface area contributed by atoms with E-state index in [0.717, 1.165) is 5.56 Å². The number of nitrogens with zero attached hydrogens (tertiary/aromatic N) is 1. The molecule has 0 fully saturated rings. The number of aryl methyl sites for hydroxylation is 1. The van der Waals surface area contributed by atoms with Gasteiger partial charge in [0.05, 0.1) is 0 Å². The third-order valence-electron chi connectivity index (χ3n) is 1.38. The number of carbonyl (C=O) groups is 2. The van der Waals surface area contributed by atoms with Gasteiger partial charge >= 0.3 is 11.8 Å². The highest BCUT2D eigenvalue weighted by Gasteiger charge is 2.08. The summed E-state index contributed by atoms with van der Waals surface area (Å²) in [5.41, 5.74) is 5.70. The molecule has 76 valence electrons. The second kappa shape index (κ2) is 5.18. The highest BCUT2D eigenvalue weighted by molar-refractivity contribution is 6.38. The van der Waals surface area contributed by atoms with Crippen LogP contribution < -0.4 is 11.1 Å². The molecule has 14 heavy (non-hydrogen) atoms. The Morgan fingerprint density at radius 1 is 1.43 bits per heavy atom. The summed E-state index contributed by atoms with van der Waals surface area (Å²) in [6.45, 7) is 1.87. The van der Waals surface area contributed by atoms with E-state index < -0.39 is 11.8 Å². The van der Waals surface area contributed by atoms with Gasteiger partial charge in [-0.3, -0.25) is 9.59 Å². The molecule has 0 aliphatic carbocycles. The van der Waals surface area contributed by atoms with Crippen LogP contribution in [0.25, 0.3) is 0 Å². The fraction of sp³-hybridized carbons (Fsp3) is 0.125. The lowest BCUT2D eigenvalue weighted by Gasteiger charge is -2.00. The largest absolute Gasteiger partial charge is 0.361 e. The van der Waals surface area contributed by atoms with Crippen molar-refractivity contribution < 1.29 is 9.59 Å². The number of nitrogens with one attached hydrogen (secondary N) is 1. The molecule has 0 aromatic carbocycles. The zero-order chi connectivity index (χ0) is 9.84. The molecule has 0 radical (unpaired) electrons. The molecule has 0 saturated carbocycles. The summed E-state index contributed by atoms with van der Waals surface area (Å²) in [6, 6.07) is 3.36. The van der Waals surface area contributed by atoms with E-state index >= 15 is 0 Å². The van der Waals surface area contributed by atoms with E-state index in [9.17, 15) is 9.59 Å². The van der Waals surface area contributed by atoms with Gasteiger partial charge in [0, 0.05) is 6.20 Å². The van der Waals surface area contributed by atoms with Crippen molar-refractivity contribution in [2.45, 2.75) is 6.92 Å². The fourth-order valence-electron chi connectivity index (χ4n) is 0.720. The standard InChI is InChI=1S/C8H9N3O2.ClH/c1-5-2-3-6(10-4-5)11-8(13)7(9)12;/h2-4H,1H3,(H2,9,12)(H,10,11,13);1H. The van der Waals surface area contributed by atoms with Crippen molar-refractivity contribution in [3.8, 4) is 0 Å². The van der Waals surface area contributed by atoms with Gasteiger partial charge in [0.2, 0.25) is 0 Å². The van der Waals surface area contributed by atoms with Gasteiger partial charge in [-0.05, 0) is 18.6 Å². The minimum Gasteiger partial charge on any atom is -0.361 e. The Bertz CT molecular complexity index is 337. The fourth-order valence-corrected chi connectivity index (χ4v) is 0.720. The number of amides is 2. The Kier molecular flexibility index (Phi) is 4.58. The Balaban J connectivity index is 0.00000169. The molecule has 6 heteroatoms. The lowest BCUT2D eigenvalue weighted by atomic mass is 10.3. The van der Waals surface area contributed by atoms with Crippen LogP contribution in [0.1, 0.15) is 5.56 Å². The molecule has 5 nitrogen and oxygen atoms in total. The summed E-state index contributed by atoms with van der Waals surface area (Å²) in [5, 5.41) is 2.24. The van der Waals surface area contributed by atoms with Gasteiger partial charge in [-0.25, -0.2) is 4.98 Å². The number of nitrogens with two attached hydrogens (primary N) is 1. The maximum atomic E-state index is 10.8. The molecule has 0 aliphatic heterocycles. The monoisotopic (exact) mass is 215 g/mol. The predicted molar refractivity (Wildman–Crippen MR) is 54.0 cm³/mol. The first-order valence-corrected chi connectivity index (χ1v) is 3.63. The van der Waals surface area contributed by atoms with Gasteiger partial charge in [0.15, 0.2) is 0 Å². The molecule has 1 aromatic rings. The molecular weight excluding hydrogens is 206 g/mol. The average molecular weight is 216 g/mol.